The molecule has 0 saturated heterocycles. The van der Waals surface area contributed by atoms with E-state index >= 15 is 0 Å². The van der Waals surface area contributed by atoms with Crippen molar-refractivity contribution in [2.75, 3.05) is 6.54 Å². The molecule has 0 aliphatic heterocycles. The Balaban J connectivity index is 3.23. The number of hydrogen-bond acceptors (Lipinski definition) is 2. The fourth-order valence-electron chi connectivity index (χ4n) is 0.304. The summed E-state index contributed by atoms with van der Waals surface area (Å²) in [4.78, 5) is 3.80. The highest BCUT2D eigenvalue weighted by Crippen LogP contribution is 1.83. The van der Waals surface area contributed by atoms with Crippen LogP contribution in [0.4, 0.5) is 0 Å². The molecule has 0 spiro atoms. The van der Waals surface area contributed by atoms with Gasteiger partial charge in [0, 0.05) is 6.21 Å². The minimum Gasteiger partial charge on any atom is -0.282 e. The first kappa shape index (κ1) is 7.16. The smallest absolute Gasteiger partial charge is 0.125 e. The van der Waals surface area contributed by atoms with Crippen molar-refractivity contribution in [2.24, 2.45) is 10.9 Å². The molecule has 0 radical (unpaired) electrons. The number of nitrogens with zero attached hydrogens (tertiary/aromatic N) is 2. The molecule has 0 heterocycles. The molecule has 2 nitrogen and oxygen atoms in total. The maximum Gasteiger partial charge on any atom is 0.125 e. The van der Waals surface area contributed by atoms with E-state index in [1.165, 1.54) is 0 Å². The van der Waals surface area contributed by atoms with Gasteiger partial charge < -0.3 is 0 Å². The second kappa shape index (κ2) is 4.32. The highest BCUT2D eigenvalue weighted by atomic mass is 14.7. The third kappa shape index (κ3) is 5.16. The van der Waals surface area contributed by atoms with Gasteiger partial charge in [0.05, 0.1) is 6.07 Å². The van der Waals surface area contributed by atoms with Crippen LogP contribution in [0.5, 0.6) is 0 Å². The predicted octanol–water partition coefficient (Wildman–Crippen LogP) is 1.24. The Morgan fingerprint density at radius 2 is 2.38 bits per heavy atom. The molecule has 0 aliphatic carbocycles. The Kier molecular flexibility index (Phi) is 3.87. The first-order chi connectivity index (χ1) is 3.77. The summed E-state index contributed by atoms with van der Waals surface area (Å²) in [6, 6.07) is 1.93. The number of nitriles is 1. The summed E-state index contributed by atoms with van der Waals surface area (Å²) in [7, 11) is 0. The second-order valence-electron chi connectivity index (χ2n) is 1.89. The van der Waals surface area contributed by atoms with Crippen molar-refractivity contribution < 1.29 is 0 Å². The first-order valence-corrected chi connectivity index (χ1v) is 2.64. The van der Waals surface area contributed by atoms with Crippen LogP contribution in [0.15, 0.2) is 4.99 Å². The molecule has 0 fully saturated rings. The van der Waals surface area contributed by atoms with Gasteiger partial charge in [0.1, 0.15) is 6.54 Å². The van der Waals surface area contributed by atoms with E-state index in [0.717, 1.165) is 0 Å². The molecular formula is C6H10N2. The summed E-state index contributed by atoms with van der Waals surface area (Å²) in [5, 5.41) is 8.02. The average molecular weight is 110 g/mol. The summed E-state index contributed by atoms with van der Waals surface area (Å²) in [6.45, 7) is 4.35. The quantitative estimate of drug-likeness (QED) is 0.389. The third-order valence-electron chi connectivity index (χ3n) is 0.566. The molecule has 0 saturated carbocycles. The van der Waals surface area contributed by atoms with E-state index in [1.54, 1.807) is 6.21 Å². The van der Waals surface area contributed by atoms with Crippen molar-refractivity contribution >= 4 is 6.21 Å². The minimum absolute atomic E-state index is 0.290. The molecule has 0 rings (SSSR count). The van der Waals surface area contributed by atoms with Crippen LogP contribution in [0.1, 0.15) is 13.8 Å². The highest BCUT2D eigenvalue weighted by Gasteiger charge is 1.81. The van der Waals surface area contributed by atoms with Gasteiger partial charge in [0.15, 0.2) is 0 Å². The van der Waals surface area contributed by atoms with Gasteiger partial charge in [0.2, 0.25) is 0 Å². The zero-order valence-electron chi connectivity index (χ0n) is 5.26. The molecule has 0 aromatic rings. The van der Waals surface area contributed by atoms with Crippen LogP contribution in [0.3, 0.4) is 0 Å². The van der Waals surface area contributed by atoms with Gasteiger partial charge in [0.25, 0.3) is 0 Å². The van der Waals surface area contributed by atoms with E-state index < -0.39 is 0 Å². The van der Waals surface area contributed by atoms with Crippen LogP contribution >= 0.6 is 0 Å². The molecule has 8 heavy (non-hydrogen) atoms. The lowest BCUT2D eigenvalue weighted by Gasteiger charge is -1.87. The van der Waals surface area contributed by atoms with E-state index in [-0.39, 0.29) is 6.54 Å². The first-order valence-electron chi connectivity index (χ1n) is 2.64. The Bertz CT molecular complexity index is 108. The maximum atomic E-state index is 8.02. The van der Waals surface area contributed by atoms with Crippen LogP contribution in [-0.4, -0.2) is 12.8 Å². The van der Waals surface area contributed by atoms with E-state index in [1.807, 2.05) is 19.9 Å². The normalized spacial score (nSPS) is 10.2. The second-order valence-corrected chi connectivity index (χ2v) is 1.89. The summed E-state index contributed by atoms with van der Waals surface area (Å²) >= 11 is 0. The van der Waals surface area contributed by atoms with Crippen molar-refractivity contribution in [2.45, 2.75) is 13.8 Å². The van der Waals surface area contributed by atoms with Crippen molar-refractivity contribution in [3.05, 3.63) is 0 Å². The molecule has 0 aliphatic rings. The monoisotopic (exact) mass is 110 g/mol. The summed E-state index contributed by atoms with van der Waals surface area (Å²) in [5.41, 5.74) is 0. The number of rotatable bonds is 2. The molecule has 0 bridgehead atoms. The summed E-state index contributed by atoms with van der Waals surface area (Å²) in [5.74, 6) is 0.461. The van der Waals surface area contributed by atoms with Crippen molar-refractivity contribution in [1.82, 2.24) is 0 Å². The lowest BCUT2D eigenvalue weighted by Crippen LogP contribution is -1.87. The van der Waals surface area contributed by atoms with Crippen molar-refractivity contribution in [1.29, 1.82) is 5.26 Å². The molecule has 0 aromatic heterocycles. The molecule has 2 heteroatoms. The van der Waals surface area contributed by atoms with Crippen molar-refractivity contribution in [3.63, 3.8) is 0 Å². The number of hydrogen-bond donors (Lipinski definition) is 0. The van der Waals surface area contributed by atoms with Gasteiger partial charge >= 0.3 is 0 Å². The predicted molar refractivity (Wildman–Crippen MR) is 33.8 cm³/mol. The molecule has 0 amide bonds. The third-order valence-corrected chi connectivity index (χ3v) is 0.566. The molecule has 0 N–H and O–H groups in total. The fraction of sp³-hybridized carbons (Fsp3) is 0.667. The molecular weight excluding hydrogens is 100 g/mol. The van der Waals surface area contributed by atoms with Crippen molar-refractivity contribution in [3.8, 4) is 6.07 Å². The van der Waals surface area contributed by atoms with Crippen LogP contribution in [-0.2, 0) is 0 Å². The van der Waals surface area contributed by atoms with Gasteiger partial charge in [-0.15, -0.1) is 0 Å². The van der Waals surface area contributed by atoms with E-state index in [4.69, 9.17) is 5.26 Å². The largest absolute Gasteiger partial charge is 0.282 e. The molecule has 0 unspecified atom stereocenters. The molecule has 44 valence electrons. The average Bonchev–Trinajstić information content (AvgIpc) is 1.66. The lowest BCUT2D eigenvalue weighted by atomic mass is 10.2. The SMILES string of the molecule is CC(C)C=NCC#N. The van der Waals surface area contributed by atoms with E-state index in [2.05, 4.69) is 4.99 Å². The van der Waals surface area contributed by atoms with E-state index in [0.29, 0.717) is 5.92 Å². The van der Waals surface area contributed by atoms with Crippen LogP contribution < -0.4 is 0 Å². The van der Waals surface area contributed by atoms with E-state index in [9.17, 15) is 0 Å². The van der Waals surface area contributed by atoms with Crippen LogP contribution in [0.2, 0.25) is 0 Å². The van der Waals surface area contributed by atoms with Crippen LogP contribution in [0.25, 0.3) is 0 Å². The highest BCUT2D eigenvalue weighted by molar-refractivity contribution is 5.59. The van der Waals surface area contributed by atoms with Gasteiger partial charge in [-0.3, -0.25) is 4.99 Å². The summed E-state index contributed by atoms with van der Waals surface area (Å²) in [6.07, 6.45) is 1.78. The molecule has 0 aromatic carbocycles. The Morgan fingerprint density at radius 1 is 1.75 bits per heavy atom. The van der Waals surface area contributed by atoms with Crippen LogP contribution in [0, 0.1) is 17.2 Å². The Hall–Kier alpha value is -0.840. The Labute approximate surface area is 49.9 Å². The van der Waals surface area contributed by atoms with Gasteiger partial charge in [-0.05, 0) is 5.92 Å². The zero-order valence-corrected chi connectivity index (χ0v) is 5.26. The zero-order chi connectivity index (χ0) is 6.41. The maximum absolute atomic E-state index is 8.02. The number of aliphatic imine (C=N–C) groups is 1. The fourth-order valence-corrected chi connectivity index (χ4v) is 0.304. The van der Waals surface area contributed by atoms with Gasteiger partial charge in [-0.2, -0.15) is 5.26 Å². The van der Waals surface area contributed by atoms with Gasteiger partial charge in [-0.1, -0.05) is 13.8 Å². The van der Waals surface area contributed by atoms with Gasteiger partial charge in [-0.25, -0.2) is 0 Å². The molecule has 0 atom stereocenters. The summed E-state index contributed by atoms with van der Waals surface area (Å²) < 4.78 is 0. The lowest BCUT2D eigenvalue weighted by molar-refractivity contribution is 0.901. The Morgan fingerprint density at radius 3 is 2.75 bits per heavy atom. The topological polar surface area (TPSA) is 36.1 Å². The minimum atomic E-state index is 0.290. The standard InChI is InChI=1S/C6H10N2/c1-6(2)5-8-4-3-7/h5-6H,4H2,1-2H3.